The molecule has 2 heterocycles. The van der Waals surface area contributed by atoms with Gasteiger partial charge in [-0.15, -0.1) is 0 Å². The number of halogens is 3. The highest BCUT2D eigenvalue weighted by Crippen LogP contribution is 2.32. The fourth-order valence-electron chi connectivity index (χ4n) is 4.43. The van der Waals surface area contributed by atoms with Crippen molar-refractivity contribution in [3.05, 3.63) is 53.1 Å². The summed E-state index contributed by atoms with van der Waals surface area (Å²) < 4.78 is 62.3. The molecule has 2 aliphatic heterocycles. The lowest BCUT2D eigenvalue weighted by atomic mass is 10.1. The molecule has 210 valence electrons. The first-order chi connectivity index (χ1) is 18.5. The van der Waals surface area contributed by atoms with Gasteiger partial charge in [0.25, 0.3) is 5.91 Å². The summed E-state index contributed by atoms with van der Waals surface area (Å²) in [4.78, 5) is 39.5. The highest BCUT2D eigenvalue weighted by Gasteiger charge is 2.43. The van der Waals surface area contributed by atoms with Crippen molar-refractivity contribution in [1.29, 1.82) is 0 Å². The smallest absolute Gasteiger partial charge is 0.312 e. The number of likely N-dealkylation sites (tertiary alicyclic amines) is 1. The molecule has 0 unspecified atom stereocenters. The average Bonchev–Trinajstić information content (AvgIpc) is 2.94. The van der Waals surface area contributed by atoms with Gasteiger partial charge in [-0.2, -0.15) is 4.31 Å². The minimum absolute atomic E-state index is 0.0485. The molecule has 2 saturated heterocycles. The van der Waals surface area contributed by atoms with Gasteiger partial charge in [0, 0.05) is 37.7 Å². The van der Waals surface area contributed by atoms with Gasteiger partial charge in [0.2, 0.25) is 10.0 Å². The number of rotatable bonds is 5. The van der Waals surface area contributed by atoms with E-state index in [0.29, 0.717) is 34.6 Å². The van der Waals surface area contributed by atoms with E-state index in [9.17, 15) is 36.8 Å². The lowest BCUT2D eigenvalue weighted by Crippen LogP contribution is -2.62. The highest BCUT2D eigenvalue weighted by molar-refractivity contribution is 7.89. The predicted octanol–water partition coefficient (Wildman–Crippen LogP) is 2.13. The average molecular weight is 587 g/mol. The van der Waals surface area contributed by atoms with Gasteiger partial charge < -0.3 is 14.5 Å². The third kappa shape index (κ3) is 6.13. The highest BCUT2D eigenvalue weighted by atomic mass is 35.5. The van der Waals surface area contributed by atoms with Crippen molar-refractivity contribution < 1.29 is 41.5 Å². The minimum Gasteiger partial charge on any atom is -0.451 e. The van der Waals surface area contributed by atoms with Crippen molar-refractivity contribution in [2.75, 3.05) is 32.7 Å². The molecular weight excluding hydrogens is 562 g/mol. The summed E-state index contributed by atoms with van der Waals surface area (Å²) in [5, 5.41) is 9.58. The Labute approximate surface area is 227 Å². The molecule has 0 saturated carbocycles. The molecule has 11 nitrogen and oxygen atoms in total. The van der Waals surface area contributed by atoms with E-state index in [2.05, 4.69) is 0 Å². The van der Waals surface area contributed by atoms with Crippen molar-refractivity contribution in [1.82, 2.24) is 19.6 Å². The first kappa shape index (κ1) is 28.7. The molecule has 3 amide bonds. The third-order valence-corrected chi connectivity index (χ3v) is 8.61. The largest absolute Gasteiger partial charge is 0.451 e. The Kier molecular flexibility index (Phi) is 8.69. The zero-order chi connectivity index (χ0) is 28.3. The molecule has 1 atom stereocenters. The van der Waals surface area contributed by atoms with Gasteiger partial charge in [-0.1, -0.05) is 11.6 Å². The number of hydroxylamine groups is 1. The Morgan fingerprint density at radius 3 is 2.10 bits per heavy atom. The molecule has 2 N–H and O–H groups in total. The summed E-state index contributed by atoms with van der Waals surface area (Å²) in [5.74, 6) is -6.33. The van der Waals surface area contributed by atoms with Crippen LogP contribution in [0.2, 0.25) is 5.02 Å². The molecule has 0 spiro atoms. The standard InChI is InChI=1S/C24H25ClF2N4O7S/c25-15-4-6-16(7-5-15)38-21-18(26)12-17(13-19(21)27)39(36,37)31-11-10-30(14-20(31)22(32)28-35)24(34)23(33)29-8-2-1-3-9-29/h4-7,12-13,20,35H,1-3,8-11,14H2,(H,28,32)/t20-/m1/s1. The van der Waals surface area contributed by atoms with Gasteiger partial charge >= 0.3 is 11.8 Å². The van der Waals surface area contributed by atoms with Crippen LogP contribution in [0, 0.1) is 11.6 Å². The van der Waals surface area contributed by atoms with Gasteiger partial charge in [0.05, 0.1) is 4.90 Å². The number of sulfonamides is 1. The molecule has 0 radical (unpaired) electrons. The van der Waals surface area contributed by atoms with Crippen LogP contribution in [0.25, 0.3) is 0 Å². The monoisotopic (exact) mass is 586 g/mol. The molecule has 39 heavy (non-hydrogen) atoms. The summed E-state index contributed by atoms with van der Waals surface area (Å²) in [6, 6.07) is 4.99. The maximum atomic E-state index is 14.8. The van der Waals surface area contributed by atoms with Crippen LogP contribution in [0.15, 0.2) is 41.3 Å². The van der Waals surface area contributed by atoms with Gasteiger partial charge in [-0.05, 0) is 55.7 Å². The molecule has 0 bridgehead atoms. The number of amides is 3. The van der Waals surface area contributed by atoms with E-state index in [4.69, 9.17) is 16.3 Å². The van der Waals surface area contributed by atoms with Crippen LogP contribution in [0.3, 0.4) is 0 Å². The van der Waals surface area contributed by atoms with E-state index in [1.54, 1.807) is 0 Å². The second-order valence-corrected chi connectivity index (χ2v) is 11.3. The van der Waals surface area contributed by atoms with Crippen molar-refractivity contribution in [2.45, 2.75) is 30.2 Å². The molecule has 2 aromatic rings. The molecule has 0 aliphatic carbocycles. The maximum Gasteiger partial charge on any atom is 0.312 e. The summed E-state index contributed by atoms with van der Waals surface area (Å²) in [6.45, 7) is -0.489. The number of hydrogen-bond acceptors (Lipinski definition) is 7. The van der Waals surface area contributed by atoms with Crippen LogP contribution in [0.5, 0.6) is 11.5 Å². The quantitative estimate of drug-likeness (QED) is 0.311. The molecule has 4 rings (SSSR count). The Hall–Kier alpha value is -3.33. The third-order valence-electron chi connectivity index (χ3n) is 6.47. The Balaban J connectivity index is 1.56. The van der Waals surface area contributed by atoms with Gasteiger partial charge in [-0.25, -0.2) is 22.7 Å². The molecule has 0 aromatic heterocycles. The number of piperazine rings is 1. The van der Waals surface area contributed by atoms with Crippen molar-refractivity contribution in [3.8, 4) is 11.5 Å². The number of piperidine rings is 1. The van der Waals surface area contributed by atoms with Gasteiger partial charge in [-0.3, -0.25) is 19.6 Å². The lowest BCUT2D eigenvalue weighted by Gasteiger charge is -2.39. The number of carbonyl (C=O) groups excluding carboxylic acids is 3. The van der Waals surface area contributed by atoms with Crippen molar-refractivity contribution in [3.63, 3.8) is 0 Å². The van der Waals surface area contributed by atoms with Crippen LogP contribution in [-0.4, -0.2) is 84.2 Å². The van der Waals surface area contributed by atoms with Crippen LogP contribution >= 0.6 is 11.6 Å². The van der Waals surface area contributed by atoms with Crippen LogP contribution < -0.4 is 10.2 Å². The molecular formula is C24H25ClF2N4O7S. The van der Waals surface area contributed by atoms with E-state index < -0.39 is 69.2 Å². The number of benzene rings is 2. The SMILES string of the molecule is O=C(NO)[C@H]1CN(C(=O)C(=O)N2CCCCC2)CCN1S(=O)(=O)c1cc(F)c(Oc2ccc(Cl)cc2)c(F)c1. The van der Waals surface area contributed by atoms with Crippen molar-refractivity contribution >= 4 is 39.3 Å². The number of nitrogens with one attached hydrogen (secondary N) is 1. The molecule has 2 fully saturated rings. The number of nitrogens with zero attached hydrogens (tertiary/aromatic N) is 3. The van der Waals surface area contributed by atoms with Crippen LogP contribution in [0.4, 0.5) is 8.78 Å². The fraction of sp³-hybridized carbons (Fsp3) is 0.375. The topological polar surface area (TPSA) is 137 Å². The number of hydrogen-bond donors (Lipinski definition) is 2. The predicted molar refractivity (Wildman–Crippen MR) is 133 cm³/mol. The Bertz CT molecular complexity index is 1350. The first-order valence-electron chi connectivity index (χ1n) is 12.0. The van der Waals surface area contributed by atoms with Crippen LogP contribution in [0.1, 0.15) is 19.3 Å². The first-order valence-corrected chi connectivity index (χ1v) is 13.8. The van der Waals surface area contributed by atoms with E-state index in [1.165, 1.54) is 34.6 Å². The summed E-state index contributed by atoms with van der Waals surface area (Å²) in [6.07, 6.45) is 2.43. The maximum absolute atomic E-state index is 14.8. The van der Waals surface area contributed by atoms with E-state index in [0.717, 1.165) is 24.2 Å². The van der Waals surface area contributed by atoms with Gasteiger partial charge in [0.15, 0.2) is 17.4 Å². The van der Waals surface area contributed by atoms with E-state index in [-0.39, 0.29) is 12.3 Å². The number of ether oxygens (including phenoxy) is 1. The Morgan fingerprint density at radius 1 is 0.923 bits per heavy atom. The summed E-state index contributed by atoms with van der Waals surface area (Å²) in [7, 11) is -4.72. The van der Waals surface area contributed by atoms with Crippen LogP contribution in [-0.2, 0) is 24.4 Å². The Morgan fingerprint density at radius 2 is 1.51 bits per heavy atom. The molecule has 15 heteroatoms. The van der Waals surface area contributed by atoms with Crippen molar-refractivity contribution in [2.24, 2.45) is 0 Å². The fourth-order valence-corrected chi connectivity index (χ4v) is 6.15. The summed E-state index contributed by atoms with van der Waals surface area (Å²) >= 11 is 5.78. The lowest BCUT2D eigenvalue weighted by molar-refractivity contribution is -0.154. The normalized spacial score (nSPS) is 18.5. The second kappa shape index (κ2) is 11.8. The summed E-state index contributed by atoms with van der Waals surface area (Å²) in [5.41, 5.74) is 1.35. The van der Waals surface area contributed by atoms with E-state index in [1.807, 2.05) is 0 Å². The second-order valence-electron chi connectivity index (χ2n) is 8.98. The zero-order valence-corrected chi connectivity index (χ0v) is 22.1. The molecule has 2 aliphatic rings. The number of carbonyl (C=O) groups is 3. The van der Waals surface area contributed by atoms with E-state index >= 15 is 0 Å². The van der Waals surface area contributed by atoms with Gasteiger partial charge in [0.1, 0.15) is 11.8 Å². The zero-order valence-electron chi connectivity index (χ0n) is 20.5. The molecule has 2 aromatic carbocycles. The minimum atomic E-state index is -4.72.